The van der Waals surface area contributed by atoms with Crippen LogP contribution in [0.3, 0.4) is 0 Å². The molecule has 1 aliphatic rings. The van der Waals surface area contributed by atoms with E-state index >= 15 is 0 Å². The normalized spacial score (nSPS) is 20.4. The van der Waals surface area contributed by atoms with Gasteiger partial charge in [-0.2, -0.15) is 16.7 Å². The fourth-order valence-electron chi connectivity index (χ4n) is 1.80. The monoisotopic (exact) mass is 256 g/mol. The Morgan fingerprint density at radius 1 is 1.59 bits per heavy atom. The van der Waals surface area contributed by atoms with Crippen molar-refractivity contribution < 1.29 is 14.1 Å². The van der Waals surface area contributed by atoms with E-state index in [1.165, 1.54) is 20.0 Å². The minimum absolute atomic E-state index is 0.0426. The Morgan fingerprint density at radius 2 is 2.47 bits per heavy atom. The van der Waals surface area contributed by atoms with Crippen molar-refractivity contribution in [3.63, 3.8) is 0 Å². The van der Waals surface area contributed by atoms with E-state index in [2.05, 4.69) is 10.1 Å². The summed E-state index contributed by atoms with van der Waals surface area (Å²) in [5, 5.41) is 4.29. The molecule has 2 rings (SSSR count). The topological polar surface area (TPSA) is 65.2 Å². The minimum Gasteiger partial charge on any atom is -0.377 e. The second kappa shape index (κ2) is 6.16. The van der Waals surface area contributed by atoms with Gasteiger partial charge in [-0.05, 0) is 18.6 Å². The molecule has 94 valence electrons. The number of aromatic nitrogens is 2. The van der Waals surface area contributed by atoms with Crippen LogP contribution in [-0.4, -0.2) is 35.4 Å². The predicted octanol–water partition coefficient (Wildman–Crippen LogP) is 1.79. The molecule has 1 saturated heterocycles. The molecule has 0 bridgehead atoms. The Labute approximate surface area is 104 Å². The smallest absolute Gasteiger partial charge is 0.234 e. The summed E-state index contributed by atoms with van der Waals surface area (Å²) in [6.07, 6.45) is 3.73. The number of carbonyl (C=O) groups excluding carboxylic acids is 1. The lowest BCUT2D eigenvalue weighted by molar-refractivity contribution is -0.122. The summed E-state index contributed by atoms with van der Waals surface area (Å²) in [5.74, 6) is 2.24. The van der Waals surface area contributed by atoms with Gasteiger partial charge in [-0.15, -0.1) is 0 Å². The molecule has 0 saturated carbocycles. The number of Topliss-reactive ketones (excluding diaryl/α,β-unsaturated/α-hetero) is 1. The highest BCUT2D eigenvalue weighted by Gasteiger charge is 2.22. The summed E-state index contributed by atoms with van der Waals surface area (Å²) < 4.78 is 9.84. The summed E-state index contributed by atoms with van der Waals surface area (Å²) in [7, 11) is 1.50. The van der Waals surface area contributed by atoms with Crippen LogP contribution in [0.2, 0.25) is 0 Å². The Morgan fingerprint density at radius 3 is 3.18 bits per heavy atom. The van der Waals surface area contributed by atoms with E-state index in [1.54, 1.807) is 0 Å². The quantitative estimate of drug-likeness (QED) is 0.800. The average molecular weight is 256 g/mol. The first-order valence-electron chi connectivity index (χ1n) is 5.74. The Kier molecular flexibility index (Phi) is 4.56. The SMILES string of the molecule is COCC(=O)Cc1nc(C2CCCCS2)no1. The second-order valence-corrected chi connectivity index (χ2v) is 5.36. The van der Waals surface area contributed by atoms with Crippen molar-refractivity contribution in [3.05, 3.63) is 11.7 Å². The van der Waals surface area contributed by atoms with Gasteiger partial charge >= 0.3 is 0 Å². The average Bonchev–Trinajstić information content (AvgIpc) is 2.79. The van der Waals surface area contributed by atoms with Gasteiger partial charge in [0.15, 0.2) is 11.6 Å². The molecule has 1 atom stereocenters. The summed E-state index contributed by atoms with van der Waals surface area (Å²) >= 11 is 1.86. The standard InChI is InChI=1S/C11H16N2O3S/c1-15-7-8(14)6-10-12-11(13-16-10)9-4-2-3-5-17-9/h9H,2-7H2,1H3. The highest BCUT2D eigenvalue weighted by Crippen LogP contribution is 2.36. The first-order chi connectivity index (χ1) is 8.29. The maximum absolute atomic E-state index is 11.3. The third-order valence-electron chi connectivity index (χ3n) is 2.61. The number of ether oxygens (including phenoxy) is 1. The van der Waals surface area contributed by atoms with Gasteiger partial charge in [-0.3, -0.25) is 4.79 Å². The van der Waals surface area contributed by atoms with Crippen LogP contribution in [0, 0.1) is 0 Å². The molecule has 0 aromatic carbocycles. The molecule has 0 aliphatic carbocycles. The molecule has 1 aromatic heterocycles. The van der Waals surface area contributed by atoms with Crippen LogP contribution in [0.1, 0.15) is 36.2 Å². The molecule has 1 unspecified atom stereocenters. The third kappa shape index (κ3) is 3.54. The number of ketones is 1. The van der Waals surface area contributed by atoms with Gasteiger partial charge in [0.1, 0.15) is 6.61 Å². The highest BCUT2D eigenvalue weighted by molar-refractivity contribution is 7.99. The van der Waals surface area contributed by atoms with Crippen LogP contribution in [-0.2, 0) is 16.0 Å². The second-order valence-electron chi connectivity index (χ2n) is 4.05. The zero-order valence-electron chi connectivity index (χ0n) is 9.85. The lowest BCUT2D eigenvalue weighted by Gasteiger charge is -2.17. The lowest BCUT2D eigenvalue weighted by Crippen LogP contribution is -2.10. The molecule has 1 aliphatic heterocycles. The van der Waals surface area contributed by atoms with Crippen LogP contribution in [0.4, 0.5) is 0 Å². The van der Waals surface area contributed by atoms with E-state index in [0.29, 0.717) is 11.1 Å². The number of rotatable bonds is 5. The number of nitrogens with zero attached hydrogens (tertiary/aromatic N) is 2. The van der Waals surface area contributed by atoms with Crippen molar-refractivity contribution in [3.8, 4) is 0 Å². The van der Waals surface area contributed by atoms with E-state index < -0.39 is 0 Å². The molecule has 0 spiro atoms. The van der Waals surface area contributed by atoms with E-state index in [4.69, 9.17) is 9.26 Å². The first kappa shape index (κ1) is 12.6. The molecule has 0 amide bonds. The van der Waals surface area contributed by atoms with Crippen LogP contribution in [0.25, 0.3) is 0 Å². The fraction of sp³-hybridized carbons (Fsp3) is 0.727. The van der Waals surface area contributed by atoms with E-state index in [0.717, 1.165) is 18.0 Å². The van der Waals surface area contributed by atoms with E-state index in [1.807, 2.05) is 11.8 Å². The zero-order chi connectivity index (χ0) is 12.1. The van der Waals surface area contributed by atoms with Gasteiger partial charge in [-0.1, -0.05) is 11.6 Å². The van der Waals surface area contributed by atoms with Gasteiger partial charge in [0.2, 0.25) is 5.89 Å². The van der Waals surface area contributed by atoms with Crippen LogP contribution < -0.4 is 0 Å². The summed E-state index contributed by atoms with van der Waals surface area (Å²) in [6.45, 7) is 0.0931. The Balaban J connectivity index is 1.93. The molecule has 5 nitrogen and oxygen atoms in total. The van der Waals surface area contributed by atoms with Gasteiger partial charge in [0.25, 0.3) is 0 Å². The molecule has 0 radical (unpaired) electrons. The molecule has 2 heterocycles. The molecule has 1 aromatic rings. The number of hydrogen-bond acceptors (Lipinski definition) is 6. The number of carbonyl (C=O) groups is 1. The molecule has 17 heavy (non-hydrogen) atoms. The van der Waals surface area contributed by atoms with Crippen molar-refractivity contribution in [1.29, 1.82) is 0 Å². The van der Waals surface area contributed by atoms with Crippen molar-refractivity contribution in [2.45, 2.75) is 30.9 Å². The van der Waals surface area contributed by atoms with Gasteiger partial charge < -0.3 is 9.26 Å². The predicted molar refractivity (Wildman–Crippen MR) is 63.9 cm³/mol. The summed E-state index contributed by atoms with van der Waals surface area (Å²) in [4.78, 5) is 15.6. The largest absolute Gasteiger partial charge is 0.377 e. The van der Waals surface area contributed by atoms with Crippen LogP contribution >= 0.6 is 11.8 Å². The van der Waals surface area contributed by atoms with Crippen LogP contribution in [0.15, 0.2) is 4.52 Å². The molecular weight excluding hydrogens is 240 g/mol. The van der Waals surface area contributed by atoms with Gasteiger partial charge in [0, 0.05) is 7.11 Å². The van der Waals surface area contributed by atoms with Crippen LogP contribution in [0.5, 0.6) is 0 Å². The maximum Gasteiger partial charge on any atom is 0.234 e. The fourth-order valence-corrected chi connectivity index (χ4v) is 3.03. The zero-order valence-corrected chi connectivity index (χ0v) is 10.7. The van der Waals surface area contributed by atoms with E-state index in [-0.39, 0.29) is 18.8 Å². The minimum atomic E-state index is -0.0426. The summed E-state index contributed by atoms with van der Waals surface area (Å²) in [6, 6.07) is 0. The first-order valence-corrected chi connectivity index (χ1v) is 6.79. The van der Waals surface area contributed by atoms with Gasteiger partial charge in [-0.25, -0.2) is 0 Å². The van der Waals surface area contributed by atoms with Crippen molar-refractivity contribution in [2.75, 3.05) is 19.5 Å². The molecule has 1 fully saturated rings. The molecular formula is C11H16N2O3S. The molecule has 6 heteroatoms. The van der Waals surface area contributed by atoms with E-state index in [9.17, 15) is 4.79 Å². The highest BCUT2D eigenvalue weighted by atomic mass is 32.2. The van der Waals surface area contributed by atoms with Crippen molar-refractivity contribution in [1.82, 2.24) is 10.1 Å². The van der Waals surface area contributed by atoms with Crippen molar-refractivity contribution >= 4 is 17.5 Å². The summed E-state index contributed by atoms with van der Waals surface area (Å²) in [5.41, 5.74) is 0. The Bertz CT molecular complexity index is 375. The molecule has 0 N–H and O–H groups in total. The third-order valence-corrected chi connectivity index (χ3v) is 3.98. The van der Waals surface area contributed by atoms with Gasteiger partial charge in [0.05, 0.1) is 11.7 Å². The number of methoxy groups -OCH3 is 1. The van der Waals surface area contributed by atoms with Crippen molar-refractivity contribution in [2.24, 2.45) is 0 Å². The maximum atomic E-state index is 11.3. The number of hydrogen-bond donors (Lipinski definition) is 0. The lowest BCUT2D eigenvalue weighted by atomic mass is 10.2. The Hall–Kier alpha value is -0.880. The number of thioether (sulfide) groups is 1.